The highest BCUT2D eigenvalue weighted by molar-refractivity contribution is 5.93. The van der Waals surface area contributed by atoms with E-state index in [-0.39, 0.29) is 46.4 Å². The number of rotatable bonds is 7. The quantitative estimate of drug-likeness (QED) is 0.112. The highest BCUT2D eigenvalue weighted by atomic mass is 19.1. The van der Waals surface area contributed by atoms with Crippen LogP contribution < -0.4 is 20.9 Å². The summed E-state index contributed by atoms with van der Waals surface area (Å²) in [6.07, 6.45) is 0.0649. The number of aryl methyl sites for hydroxylation is 2. The average Bonchev–Trinajstić information content (AvgIpc) is 3.89. The number of phenolic OH excluding ortho intramolecular Hbond substituents is 2. The topological polar surface area (TPSA) is 174 Å². The number of nitrogens with one attached hydrogen (secondary N) is 1. The summed E-state index contributed by atoms with van der Waals surface area (Å²) < 4.78 is 42.1. The van der Waals surface area contributed by atoms with Gasteiger partial charge in [-0.15, -0.1) is 0 Å². The van der Waals surface area contributed by atoms with E-state index in [1.54, 1.807) is 0 Å². The summed E-state index contributed by atoms with van der Waals surface area (Å²) in [6, 6.07) is 24.8. The summed E-state index contributed by atoms with van der Waals surface area (Å²) in [5, 5.41) is 35.3. The summed E-state index contributed by atoms with van der Waals surface area (Å²) in [5.74, 6) is -1.08. The van der Waals surface area contributed by atoms with Gasteiger partial charge in [-0.1, -0.05) is 36.4 Å². The molecule has 0 radical (unpaired) electrons. The largest absolute Gasteiger partial charge is 0.507 e. The van der Waals surface area contributed by atoms with Gasteiger partial charge in [0.25, 0.3) is 5.91 Å². The Bertz CT molecular complexity index is 2730. The number of hydrogen-bond acceptors (Lipinski definition) is 11. The zero-order valence-electron chi connectivity index (χ0n) is 33.4. The summed E-state index contributed by atoms with van der Waals surface area (Å²) in [6.45, 7) is 6.36. The number of hydrogen-bond donors (Lipinski definition) is 5. The molecule has 5 aromatic carbocycles. The minimum Gasteiger partial charge on any atom is -0.507 e. The van der Waals surface area contributed by atoms with E-state index in [0.29, 0.717) is 43.0 Å². The molecular weight excluding hydrogens is 786 g/mol. The Labute approximate surface area is 349 Å². The van der Waals surface area contributed by atoms with Crippen molar-refractivity contribution in [2.45, 2.75) is 44.9 Å². The molecule has 2 aliphatic rings. The van der Waals surface area contributed by atoms with Gasteiger partial charge in [0.15, 0.2) is 17.8 Å². The Morgan fingerprint density at radius 3 is 1.70 bits per heavy atom. The zero-order chi connectivity index (χ0) is 42.9. The molecule has 9 rings (SSSR count). The fourth-order valence-corrected chi connectivity index (χ4v) is 7.75. The van der Waals surface area contributed by atoms with Crippen molar-refractivity contribution in [1.82, 2.24) is 25.3 Å². The van der Waals surface area contributed by atoms with Crippen molar-refractivity contribution in [3.63, 3.8) is 0 Å². The molecule has 2 aromatic heterocycles. The molecule has 2 saturated heterocycles. The van der Waals surface area contributed by atoms with E-state index in [0.717, 1.165) is 46.2 Å². The van der Waals surface area contributed by atoms with Crippen LogP contribution in [0.2, 0.25) is 0 Å². The van der Waals surface area contributed by atoms with Crippen LogP contribution in [-0.4, -0.2) is 79.4 Å². The number of fused-ring (bicyclic) bond motifs is 2. The van der Waals surface area contributed by atoms with E-state index in [9.17, 15) is 33.3 Å². The molecule has 312 valence electrons. The third-order valence-corrected chi connectivity index (χ3v) is 10.9. The maximum Gasteiger partial charge on any atom is 0.253 e. The first kappa shape index (κ1) is 40.9. The second-order valence-electron chi connectivity index (χ2n) is 15.4. The smallest absolute Gasteiger partial charge is 0.253 e. The van der Waals surface area contributed by atoms with E-state index in [1.165, 1.54) is 60.7 Å². The number of halogens is 3. The van der Waals surface area contributed by atoms with Gasteiger partial charge in [-0.05, 0) is 104 Å². The molecule has 0 bridgehead atoms. The number of benzene rings is 5. The summed E-state index contributed by atoms with van der Waals surface area (Å²) in [4.78, 5) is 35.0. The number of carbonyl (C=O) groups is 1. The number of phenols is 2. The molecular formula is C46H43F3N8O4. The maximum absolute atomic E-state index is 14.6. The highest BCUT2D eigenvalue weighted by Crippen LogP contribution is 2.36. The summed E-state index contributed by atoms with van der Waals surface area (Å²) in [7, 11) is 0. The van der Waals surface area contributed by atoms with Gasteiger partial charge in [-0.3, -0.25) is 4.79 Å². The fourth-order valence-electron chi connectivity index (χ4n) is 7.75. The first-order chi connectivity index (χ1) is 29.3. The van der Waals surface area contributed by atoms with Gasteiger partial charge >= 0.3 is 0 Å². The Morgan fingerprint density at radius 1 is 0.705 bits per heavy atom. The second kappa shape index (κ2) is 17.0. The van der Waals surface area contributed by atoms with Gasteiger partial charge < -0.3 is 36.2 Å². The molecule has 15 heteroatoms. The van der Waals surface area contributed by atoms with Crippen LogP contribution in [0.5, 0.6) is 11.5 Å². The van der Waals surface area contributed by atoms with Gasteiger partial charge in [0.2, 0.25) is 0 Å². The number of carbonyl (C=O) groups excluding carboxylic acids is 1. The number of aromatic nitrogens is 4. The number of amides is 1. The molecule has 61 heavy (non-hydrogen) atoms. The number of aliphatic hydroxyl groups excluding tert-OH is 1. The molecule has 7 aromatic rings. The minimum atomic E-state index is -1.42. The summed E-state index contributed by atoms with van der Waals surface area (Å²) in [5.41, 5.74) is 9.65. The monoisotopic (exact) mass is 828 g/mol. The van der Waals surface area contributed by atoms with E-state index < -0.39 is 29.5 Å². The Morgan fingerprint density at radius 2 is 1.21 bits per heavy atom. The molecule has 3 atom stereocenters. The highest BCUT2D eigenvalue weighted by Gasteiger charge is 2.30. The fraction of sp³-hybridized carbons (Fsp3) is 0.239. The van der Waals surface area contributed by atoms with Gasteiger partial charge in [0.1, 0.15) is 40.6 Å². The van der Waals surface area contributed by atoms with Crippen LogP contribution in [0.3, 0.4) is 0 Å². The van der Waals surface area contributed by atoms with E-state index in [4.69, 9.17) is 5.73 Å². The lowest BCUT2D eigenvalue weighted by Gasteiger charge is -2.21. The molecule has 2 aliphatic heterocycles. The van der Waals surface area contributed by atoms with Crippen LogP contribution in [-0.2, 0) is 4.79 Å². The van der Waals surface area contributed by atoms with Crippen molar-refractivity contribution in [2.24, 2.45) is 5.73 Å². The Balaban J connectivity index is 0.000000180. The maximum atomic E-state index is 14.6. The van der Waals surface area contributed by atoms with Gasteiger partial charge in [-0.25, -0.2) is 33.1 Å². The van der Waals surface area contributed by atoms with Crippen LogP contribution in [0.1, 0.15) is 35.6 Å². The standard InChI is InChI=1S/C27H24F2N4O3.C19H19FN4O/c1-15-5-10-19-21(13-15)31-25(23-20(29)3-2-4-22(23)34)32-26(19)33-12-11-18(14-33)30-27(36)24(35)16-6-8-17(28)9-7-16;1-11-5-6-13-15(9-11)22-18(17-14(20)3-2-4-16(17)25)23-19(13)24-8-7-12(21)10-24/h2-10,13,18,24,34-35H,11-12,14H2,1H3,(H,30,36);2-6,9,12,25H,7-8,10,21H2,1H3/t18-,24?;12-/m11/s1. The Hall–Kier alpha value is -6.84. The predicted octanol–water partition coefficient (Wildman–Crippen LogP) is 7.00. The second-order valence-corrected chi connectivity index (χ2v) is 15.4. The lowest BCUT2D eigenvalue weighted by molar-refractivity contribution is -0.130. The third-order valence-electron chi connectivity index (χ3n) is 10.9. The minimum absolute atomic E-state index is 0.0238. The van der Waals surface area contributed by atoms with Crippen molar-refractivity contribution in [3.05, 3.63) is 131 Å². The van der Waals surface area contributed by atoms with Crippen LogP contribution in [0.15, 0.2) is 97.1 Å². The SMILES string of the molecule is Cc1ccc2c(N3CC[C@@H](N)C3)nc(-c3c(O)cccc3F)nc2c1.Cc1ccc2c(N3CC[C@@H](NC(=O)C(O)c4ccc(F)cc4)C3)nc(-c3c(O)cccc3F)nc2c1. The zero-order valence-corrected chi connectivity index (χ0v) is 33.4. The molecule has 1 unspecified atom stereocenters. The molecule has 6 N–H and O–H groups in total. The molecule has 2 fully saturated rings. The van der Waals surface area contributed by atoms with Crippen molar-refractivity contribution < 1.29 is 33.3 Å². The van der Waals surface area contributed by atoms with E-state index >= 15 is 0 Å². The molecule has 0 spiro atoms. The molecule has 12 nitrogen and oxygen atoms in total. The first-order valence-electron chi connectivity index (χ1n) is 19.8. The normalized spacial score (nSPS) is 16.8. The average molecular weight is 829 g/mol. The van der Waals surface area contributed by atoms with Crippen LogP contribution in [0.4, 0.5) is 24.8 Å². The van der Waals surface area contributed by atoms with Gasteiger partial charge in [-0.2, -0.15) is 0 Å². The molecule has 0 aliphatic carbocycles. The van der Waals surface area contributed by atoms with Crippen molar-refractivity contribution in [2.75, 3.05) is 36.0 Å². The van der Waals surface area contributed by atoms with Gasteiger partial charge in [0, 0.05) is 49.0 Å². The lowest BCUT2D eigenvalue weighted by atomic mass is 10.1. The third kappa shape index (κ3) is 8.60. The number of anilines is 2. The molecule has 0 saturated carbocycles. The van der Waals surface area contributed by atoms with Crippen LogP contribution in [0.25, 0.3) is 44.6 Å². The lowest BCUT2D eigenvalue weighted by Crippen LogP contribution is -2.40. The van der Waals surface area contributed by atoms with Gasteiger partial charge in [0.05, 0.1) is 22.2 Å². The van der Waals surface area contributed by atoms with E-state index in [2.05, 4.69) is 30.2 Å². The van der Waals surface area contributed by atoms with Crippen molar-refractivity contribution >= 4 is 39.3 Å². The first-order valence-corrected chi connectivity index (χ1v) is 19.8. The predicted molar refractivity (Wildman–Crippen MR) is 228 cm³/mol. The number of nitrogens with two attached hydrogens (primary N) is 1. The number of aliphatic hydroxyl groups is 1. The molecule has 1 amide bonds. The Kier molecular flexibility index (Phi) is 11.4. The van der Waals surface area contributed by atoms with Crippen molar-refractivity contribution in [1.29, 1.82) is 0 Å². The summed E-state index contributed by atoms with van der Waals surface area (Å²) >= 11 is 0. The van der Waals surface area contributed by atoms with Crippen LogP contribution in [0, 0.1) is 31.3 Å². The van der Waals surface area contributed by atoms with Crippen LogP contribution >= 0.6 is 0 Å². The molecule has 4 heterocycles. The van der Waals surface area contributed by atoms with Crippen molar-refractivity contribution in [3.8, 4) is 34.3 Å². The number of nitrogens with zero attached hydrogens (tertiary/aromatic N) is 6. The van der Waals surface area contributed by atoms with E-state index in [1.807, 2.05) is 55.1 Å². The number of aromatic hydroxyl groups is 2.